The molecular formula is C12H19NO4. The van der Waals surface area contributed by atoms with Crippen LogP contribution in [0.4, 0.5) is 0 Å². The van der Waals surface area contributed by atoms with Crippen LogP contribution in [0.2, 0.25) is 0 Å². The zero-order valence-corrected chi connectivity index (χ0v) is 10.4. The average Bonchev–Trinajstić information content (AvgIpc) is 2.65. The molecule has 5 nitrogen and oxygen atoms in total. The maximum Gasteiger partial charge on any atom is 0.339 e. The number of carbonyl (C=O) groups is 1. The van der Waals surface area contributed by atoms with Gasteiger partial charge in [0.15, 0.2) is 0 Å². The third-order valence-electron chi connectivity index (χ3n) is 2.35. The number of rotatable bonds is 7. The van der Waals surface area contributed by atoms with Crippen LogP contribution in [0.3, 0.4) is 0 Å². The Morgan fingerprint density at radius 3 is 2.88 bits per heavy atom. The first kappa shape index (κ1) is 13.7. The van der Waals surface area contributed by atoms with Gasteiger partial charge in [-0.15, -0.1) is 0 Å². The molecule has 2 N–H and O–H groups in total. The van der Waals surface area contributed by atoms with Gasteiger partial charge in [0.05, 0.1) is 18.4 Å². The van der Waals surface area contributed by atoms with E-state index in [9.17, 15) is 4.79 Å². The summed E-state index contributed by atoms with van der Waals surface area (Å²) in [4.78, 5) is 10.8. The van der Waals surface area contributed by atoms with Gasteiger partial charge in [-0.1, -0.05) is 0 Å². The number of hydrogen-bond acceptors (Lipinski definition) is 4. The Bertz CT molecular complexity index is 370. The first-order valence-corrected chi connectivity index (χ1v) is 5.60. The fraction of sp³-hybridized carbons (Fsp3) is 0.583. The van der Waals surface area contributed by atoms with Crippen molar-refractivity contribution >= 4 is 5.97 Å². The normalized spacial score (nSPS) is 11.7. The molecule has 1 aromatic rings. The lowest BCUT2D eigenvalue weighted by Gasteiger charge is -2.24. The van der Waals surface area contributed by atoms with Crippen molar-refractivity contribution in [3.05, 3.63) is 23.7 Å². The molecule has 1 heterocycles. The van der Waals surface area contributed by atoms with E-state index >= 15 is 0 Å². The van der Waals surface area contributed by atoms with Crippen LogP contribution < -0.4 is 5.32 Å². The van der Waals surface area contributed by atoms with Gasteiger partial charge in [-0.05, 0) is 26.8 Å². The Kier molecular flexibility index (Phi) is 4.72. The topological polar surface area (TPSA) is 71.7 Å². The molecule has 0 radical (unpaired) electrons. The van der Waals surface area contributed by atoms with Crippen LogP contribution in [-0.2, 0) is 11.3 Å². The van der Waals surface area contributed by atoms with Crippen molar-refractivity contribution in [2.24, 2.45) is 0 Å². The van der Waals surface area contributed by atoms with Gasteiger partial charge in [-0.3, -0.25) is 0 Å². The summed E-state index contributed by atoms with van der Waals surface area (Å²) < 4.78 is 10.6. The summed E-state index contributed by atoms with van der Waals surface area (Å²) in [6.45, 7) is 7.55. The molecule has 0 amide bonds. The summed E-state index contributed by atoms with van der Waals surface area (Å²) in [7, 11) is 0. The van der Waals surface area contributed by atoms with E-state index in [2.05, 4.69) is 5.32 Å². The van der Waals surface area contributed by atoms with Crippen molar-refractivity contribution < 1.29 is 19.1 Å². The van der Waals surface area contributed by atoms with E-state index in [0.29, 0.717) is 25.5 Å². The minimum absolute atomic E-state index is 0.201. The van der Waals surface area contributed by atoms with Crippen LogP contribution in [0.25, 0.3) is 0 Å². The molecule has 0 aromatic carbocycles. The van der Waals surface area contributed by atoms with Crippen LogP contribution in [0.15, 0.2) is 16.7 Å². The highest BCUT2D eigenvalue weighted by Gasteiger charge is 2.18. The Morgan fingerprint density at radius 1 is 1.59 bits per heavy atom. The number of aromatic carboxylic acids is 1. The molecule has 0 atom stereocenters. The molecule has 5 heteroatoms. The minimum atomic E-state index is -0.973. The Labute approximate surface area is 101 Å². The zero-order chi connectivity index (χ0) is 12.9. The number of hydrogen-bond donors (Lipinski definition) is 2. The average molecular weight is 241 g/mol. The van der Waals surface area contributed by atoms with E-state index in [1.807, 2.05) is 20.8 Å². The Balaban J connectivity index is 2.46. The number of furan rings is 1. The SMILES string of the molecule is CCOC(C)(C)CNCc1occc1C(=O)O. The standard InChI is InChI=1S/C12H19NO4/c1-4-17-12(2,3)8-13-7-10-9(11(14)15)5-6-16-10/h5-6,13H,4,7-8H2,1-3H3,(H,14,15). The number of nitrogens with one attached hydrogen (secondary N) is 1. The lowest BCUT2D eigenvalue weighted by Crippen LogP contribution is -2.37. The van der Waals surface area contributed by atoms with Crippen LogP contribution >= 0.6 is 0 Å². The smallest absolute Gasteiger partial charge is 0.339 e. The molecule has 0 aliphatic carbocycles. The number of ether oxygens (including phenoxy) is 1. The third kappa shape index (κ3) is 4.20. The third-order valence-corrected chi connectivity index (χ3v) is 2.35. The van der Waals surface area contributed by atoms with Crippen molar-refractivity contribution in [1.29, 1.82) is 0 Å². The lowest BCUT2D eigenvalue weighted by atomic mass is 10.1. The molecule has 17 heavy (non-hydrogen) atoms. The molecule has 0 unspecified atom stereocenters. The van der Waals surface area contributed by atoms with Gasteiger partial charge in [-0.2, -0.15) is 0 Å². The second-order valence-electron chi connectivity index (χ2n) is 4.36. The molecule has 0 fully saturated rings. The van der Waals surface area contributed by atoms with E-state index in [1.54, 1.807) is 0 Å². The summed E-state index contributed by atoms with van der Waals surface area (Å²) in [6.07, 6.45) is 1.38. The summed E-state index contributed by atoms with van der Waals surface area (Å²) in [5.41, 5.74) is -0.0724. The highest BCUT2D eigenvalue weighted by Crippen LogP contribution is 2.11. The quantitative estimate of drug-likeness (QED) is 0.762. The second-order valence-corrected chi connectivity index (χ2v) is 4.36. The number of carboxylic acids is 1. The second kappa shape index (κ2) is 5.84. The van der Waals surface area contributed by atoms with Crippen molar-refractivity contribution in [1.82, 2.24) is 5.32 Å². The van der Waals surface area contributed by atoms with E-state index in [1.165, 1.54) is 12.3 Å². The molecule has 0 bridgehead atoms. The van der Waals surface area contributed by atoms with Crippen LogP contribution in [0.5, 0.6) is 0 Å². The largest absolute Gasteiger partial charge is 0.478 e. The van der Waals surface area contributed by atoms with Gasteiger partial charge in [-0.25, -0.2) is 4.79 Å². The molecule has 96 valence electrons. The van der Waals surface area contributed by atoms with E-state index in [0.717, 1.165) is 0 Å². The van der Waals surface area contributed by atoms with Crippen LogP contribution in [0, 0.1) is 0 Å². The molecular weight excluding hydrogens is 222 g/mol. The Hall–Kier alpha value is -1.33. The van der Waals surface area contributed by atoms with Gasteiger partial charge in [0.2, 0.25) is 0 Å². The monoisotopic (exact) mass is 241 g/mol. The highest BCUT2D eigenvalue weighted by molar-refractivity contribution is 5.88. The van der Waals surface area contributed by atoms with Gasteiger partial charge >= 0.3 is 5.97 Å². The molecule has 1 rings (SSSR count). The molecule has 1 aromatic heterocycles. The maximum absolute atomic E-state index is 10.8. The van der Waals surface area contributed by atoms with Gasteiger partial charge < -0.3 is 19.6 Å². The zero-order valence-electron chi connectivity index (χ0n) is 10.4. The molecule has 0 saturated heterocycles. The molecule has 0 aliphatic rings. The summed E-state index contributed by atoms with van der Waals surface area (Å²) >= 11 is 0. The Morgan fingerprint density at radius 2 is 2.29 bits per heavy atom. The summed E-state index contributed by atoms with van der Waals surface area (Å²) in [6, 6.07) is 1.45. The summed E-state index contributed by atoms with van der Waals surface area (Å²) in [5.74, 6) is -0.538. The van der Waals surface area contributed by atoms with Crippen molar-refractivity contribution in [2.45, 2.75) is 32.9 Å². The van der Waals surface area contributed by atoms with Crippen molar-refractivity contribution in [2.75, 3.05) is 13.2 Å². The highest BCUT2D eigenvalue weighted by atomic mass is 16.5. The van der Waals surface area contributed by atoms with E-state index in [-0.39, 0.29) is 11.2 Å². The summed E-state index contributed by atoms with van der Waals surface area (Å²) in [5, 5.41) is 12.0. The van der Waals surface area contributed by atoms with Gasteiger partial charge in [0, 0.05) is 13.2 Å². The van der Waals surface area contributed by atoms with Crippen molar-refractivity contribution in [3.63, 3.8) is 0 Å². The molecule has 0 saturated carbocycles. The predicted octanol–water partition coefficient (Wildman–Crippen LogP) is 1.88. The van der Waals surface area contributed by atoms with E-state index < -0.39 is 5.97 Å². The maximum atomic E-state index is 10.8. The first-order valence-electron chi connectivity index (χ1n) is 5.60. The van der Waals surface area contributed by atoms with Gasteiger partial charge in [0.1, 0.15) is 11.3 Å². The molecule has 0 aliphatic heterocycles. The minimum Gasteiger partial charge on any atom is -0.478 e. The van der Waals surface area contributed by atoms with Crippen LogP contribution in [-0.4, -0.2) is 29.8 Å². The fourth-order valence-electron chi connectivity index (χ4n) is 1.59. The van der Waals surface area contributed by atoms with Crippen molar-refractivity contribution in [3.8, 4) is 0 Å². The van der Waals surface area contributed by atoms with Gasteiger partial charge in [0.25, 0.3) is 0 Å². The lowest BCUT2D eigenvalue weighted by molar-refractivity contribution is -0.00920. The van der Waals surface area contributed by atoms with Crippen LogP contribution in [0.1, 0.15) is 36.9 Å². The first-order chi connectivity index (χ1) is 7.96. The predicted molar refractivity (Wildman–Crippen MR) is 63.1 cm³/mol. The molecule has 0 spiro atoms. The van der Waals surface area contributed by atoms with E-state index in [4.69, 9.17) is 14.3 Å². The number of carboxylic acid groups (broad SMARTS) is 1. The fourth-order valence-corrected chi connectivity index (χ4v) is 1.59.